The van der Waals surface area contributed by atoms with E-state index >= 15 is 0 Å². The Morgan fingerprint density at radius 1 is 1.35 bits per heavy atom. The number of benzene rings is 1. The Morgan fingerprint density at radius 3 is 2.70 bits per heavy atom. The van der Waals surface area contributed by atoms with Crippen LogP contribution in [0.1, 0.15) is 29.6 Å². The van der Waals surface area contributed by atoms with Crippen molar-refractivity contribution in [1.29, 1.82) is 0 Å². The van der Waals surface area contributed by atoms with Crippen LogP contribution in [-0.2, 0) is 14.8 Å². The zero-order valence-corrected chi connectivity index (χ0v) is 14.1. The lowest BCUT2D eigenvalue weighted by Crippen LogP contribution is -2.39. The number of sulfonamides is 1. The molecule has 1 saturated carbocycles. The number of rotatable bonds is 6. The number of nitrogens with two attached hydrogens (primary N) is 1. The Labute approximate surface area is 136 Å². The number of carbonyl (C=O) groups excluding carboxylic acids is 1. The van der Waals surface area contributed by atoms with Gasteiger partial charge in [-0.3, -0.25) is 0 Å². The standard InChI is InChI=1S/C15H22N2O5S/c1-21-13-8-10(15(18)22-2)6-7-14(13)23(19,20)17-12-5-3-4-11(12)9-16/h6-8,11-12,17H,3-5,9,16H2,1-2H3. The first-order valence-electron chi connectivity index (χ1n) is 7.41. The van der Waals surface area contributed by atoms with Gasteiger partial charge in [-0.15, -0.1) is 0 Å². The maximum Gasteiger partial charge on any atom is 0.337 e. The van der Waals surface area contributed by atoms with Crippen molar-refractivity contribution in [2.24, 2.45) is 11.7 Å². The van der Waals surface area contributed by atoms with Gasteiger partial charge < -0.3 is 15.2 Å². The van der Waals surface area contributed by atoms with Gasteiger partial charge in [0, 0.05) is 6.04 Å². The van der Waals surface area contributed by atoms with Crippen LogP contribution in [0.15, 0.2) is 23.1 Å². The van der Waals surface area contributed by atoms with E-state index in [1.807, 2.05) is 0 Å². The molecule has 2 rings (SSSR count). The zero-order valence-electron chi connectivity index (χ0n) is 13.2. The van der Waals surface area contributed by atoms with E-state index in [0.717, 1.165) is 19.3 Å². The summed E-state index contributed by atoms with van der Waals surface area (Å²) in [7, 11) is -1.15. The van der Waals surface area contributed by atoms with Gasteiger partial charge in [-0.1, -0.05) is 6.42 Å². The predicted molar refractivity (Wildman–Crippen MR) is 84.8 cm³/mol. The SMILES string of the molecule is COC(=O)c1ccc(S(=O)(=O)NC2CCCC2CN)c(OC)c1. The van der Waals surface area contributed by atoms with Crippen LogP contribution in [0, 0.1) is 5.92 Å². The Hall–Kier alpha value is -1.64. The summed E-state index contributed by atoms with van der Waals surface area (Å²) in [6.07, 6.45) is 2.64. The van der Waals surface area contributed by atoms with Crippen molar-refractivity contribution in [3.8, 4) is 5.75 Å². The molecule has 1 aromatic carbocycles. The summed E-state index contributed by atoms with van der Waals surface area (Å²) in [5.41, 5.74) is 5.92. The molecule has 2 unspecified atom stereocenters. The van der Waals surface area contributed by atoms with E-state index < -0.39 is 16.0 Å². The van der Waals surface area contributed by atoms with Crippen molar-refractivity contribution in [3.05, 3.63) is 23.8 Å². The minimum atomic E-state index is -3.76. The molecule has 1 aliphatic rings. The minimum Gasteiger partial charge on any atom is -0.495 e. The van der Waals surface area contributed by atoms with Gasteiger partial charge in [-0.2, -0.15) is 0 Å². The first-order valence-corrected chi connectivity index (χ1v) is 8.90. The quantitative estimate of drug-likeness (QED) is 0.743. The highest BCUT2D eigenvalue weighted by Gasteiger charge is 2.31. The van der Waals surface area contributed by atoms with Gasteiger partial charge in [0.1, 0.15) is 10.6 Å². The summed E-state index contributed by atoms with van der Waals surface area (Å²) in [6, 6.07) is 3.93. The molecule has 0 radical (unpaired) electrons. The van der Waals surface area contributed by atoms with Crippen LogP contribution < -0.4 is 15.2 Å². The molecule has 1 aromatic rings. The van der Waals surface area contributed by atoms with E-state index in [0.29, 0.717) is 6.54 Å². The largest absolute Gasteiger partial charge is 0.495 e. The first kappa shape index (κ1) is 17.7. The summed E-state index contributed by atoms with van der Waals surface area (Å²) in [6.45, 7) is 0.450. The number of hydrogen-bond donors (Lipinski definition) is 2. The van der Waals surface area contributed by atoms with Crippen LogP contribution >= 0.6 is 0 Å². The fourth-order valence-corrected chi connectivity index (χ4v) is 4.36. The molecule has 128 valence electrons. The van der Waals surface area contributed by atoms with E-state index in [9.17, 15) is 13.2 Å². The molecule has 7 nitrogen and oxygen atoms in total. The maximum absolute atomic E-state index is 12.6. The molecule has 0 aromatic heterocycles. The Morgan fingerprint density at radius 2 is 2.09 bits per heavy atom. The van der Waals surface area contributed by atoms with E-state index in [-0.39, 0.29) is 28.2 Å². The number of ether oxygens (including phenoxy) is 2. The van der Waals surface area contributed by atoms with Crippen LogP contribution in [-0.4, -0.2) is 41.2 Å². The molecule has 1 fully saturated rings. The fourth-order valence-electron chi connectivity index (χ4n) is 2.87. The van der Waals surface area contributed by atoms with E-state index in [1.54, 1.807) is 0 Å². The Kier molecular flexibility index (Phi) is 5.61. The molecule has 8 heteroatoms. The van der Waals surface area contributed by atoms with Gasteiger partial charge in [0.05, 0.1) is 19.8 Å². The highest BCUT2D eigenvalue weighted by Crippen LogP contribution is 2.29. The third kappa shape index (κ3) is 3.82. The molecule has 0 heterocycles. The van der Waals surface area contributed by atoms with Crippen molar-refractivity contribution in [2.45, 2.75) is 30.2 Å². The minimum absolute atomic E-state index is 0.00433. The molecular weight excluding hydrogens is 320 g/mol. The second-order valence-electron chi connectivity index (χ2n) is 5.51. The van der Waals surface area contributed by atoms with Gasteiger partial charge >= 0.3 is 5.97 Å². The smallest absolute Gasteiger partial charge is 0.337 e. The molecule has 0 amide bonds. The summed E-state index contributed by atoms with van der Waals surface area (Å²) < 4.78 is 37.7. The lowest BCUT2D eigenvalue weighted by molar-refractivity contribution is 0.0600. The summed E-state index contributed by atoms with van der Waals surface area (Å²) in [4.78, 5) is 11.5. The zero-order chi connectivity index (χ0) is 17.0. The molecular formula is C15H22N2O5S. The number of hydrogen-bond acceptors (Lipinski definition) is 6. The first-order chi connectivity index (χ1) is 10.9. The number of carbonyl (C=O) groups is 1. The number of nitrogens with one attached hydrogen (secondary N) is 1. The Balaban J connectivity index is 2.30. The maximum atomic E-state index is 12.6. The normalized spacial score (nSPS) is 21.2. The van der Waals surface area contributed by atoms with Gasteiger partial charge in [0.25, 0.3) is 0 Å². The summed E-state index contributed by atoms with van der Waals surface area (Å²) >= 11 is 0. The second kappa shape index (κ2) is 7.29. The molecule has 0 bridgehead atoms. The van der Waals surface area contributed by atoms with Crippen LogP contribution in [0.3, 0.4) is 0 Å². The van der Waals surface area contributed by atoms with Gasteiger partial charge in [-0.05, 0) is 43.5 Å². The van der Waals surface area contributed by atoms with Gasteiger partial charge in [0.15, 0.2) is 0 Å². The molecule has 0 spiro atoms. The fraction of sp³-hybridized carbons (Fsp3) is 0.533. The van der Waals surface area contributed by atoms with E-state index in [1.165, 1.54) is 32.4 Å². The van der Waals surface area contributed by atoms with Crippen LogP contribution in [0.5, 0.6) is 5.75 Å². The lowest BCUT2D eigenvalue weighted by atomic mass is 10.1. The van der Waals surface area contributed by atoms with Crippen molar-refractivity contribution in [1.82, 2.24) is 4.72 Å². The average molecular weight is 342 g/mol. The highest BCUT2D eigenvalue weighted by atomic mass is 32.2. The molecule has 1 aliphatic carbocycles. The van der Waals surface area contributed by atoms with Crippen molar-refractivity contribution < 1.29 is 22.7 Å². The van der Waals surface area contributed by atoms with Gasteiger partial charge in [0.2, 0.25) is 10.0 Å². The molecule has 0 aliphatic heterocycles. The van der Waals surface area contributed by atoms with Crippen molar-refractivity contribution >= 4 is 16.0 Å². The van der Waals surface area contributed by atoms with Crippen LogP contribution in [0.2, 0.25) is 0 Å². The van der Waals surface area contributed by atoms with E-state index in [2.05, 4.69) is 9.46 Å². The van der Waals surface area contributed by atoms with Crippen LogP contribution in [0.4, 0.5) is 0 Å². The monoisotopic (exact) mass is 342 g/mol. The highest BCUT2D eigenvalue weighted by molar-refractivity contribution is 7.89. The molecule has 0 saturated heterocycles. The van der Waals surface area contributed by atoms with Crippen molar-refractivity contribution in [2.75, 3.05) is 20.8 Å². The molecule has 3 N–H and O–H groups in total. The van der Waals surface area contributed by atoms with Gasteiger partial charge in [-0.25, -0.2) is 17.9 Å². The molecule has 23 heavy (non-hydrogen) atoms. The third-order valence-electron chi connectivity index (χ3n) is 4.14. The van der Waals surface area contributed by atoms with E-state index in [4.69, 9.17) is 10.5 Å². The van der Waals surface area contributed by atoms with Crippen molar-refractivity contribution in [3.63, 3.8) is 0 Å². The summed E-state index contributed by atoms with van der Waals surface area (Å²) in [5, 5.41) is 0. The lowest BCUT2D eigenvalue weighted by Gasteiger charge is -2.20. The topological polar surface area (TPSA) is 108 Å². The predicted octanol–water partition coefficient (Wildman–Crippen LogP) is 0.887. The van der Waals surface area contributed by atoms with Crippen LogP contribution in [0.25, 0.3) is 0 Å². The number of methoxy groups -OCH3 is 2. The summed E-state index contributed by atoms with van der Waals surface area (Å²) in [5.74, 6) is -0.313. The molecule has 2 atom stereocenters. The third-order valence-corrected chi connectivity index (χ3v) is 5.67. The second-order valence-corrected chi connectivity index (χ2v) is 7.19. The average Bonchev–Trinajstić information content (AvgIpc) is 2.99. The Bertz CT molecular complexity index is 674. The number of esters is 1.